The number of hydrogen-bond acceptors (Lipinski definition) is 4. The fraction of sp³-hybridized carbons (Fsp3) is 0.300. The number of nitrogens with zero attached hydrogens (tertiary/aromatic N) is 4. The molecule has 0 amide bonds. The molecule has 0 fully saturated rings. The second-order valence-electron chi connectivity index (χ2n) is 7.71. The molecule has 0 aliphatic carbocycles. The first kappa shape index (κ1) is 17.9. The van der Waals surface area contributed by atoms with Crippen LogP contribution in [-0.4, -0.2) is 33.3 Å². The smallest absolute Gasteiger partial charge is 0.240 e. The van der Waals surface area contributed by atoms with Gasteiger partial charge in [-0.05, 0) is 32.4 Å². The molecule has 0 atom stereocenters. The molecule has 7 heteroatoms. The van der Waals surface area contributed by atoms with E-state index in [4.69, 9.17) is 0 Å². The average molecular weight is 382 g/mol. The van der Waals surface area contributed by atoms with Crippen LogP contribution < -0.4 is 0 Å². The highest BCUT2D eigenvalue weighted by Gasteiger charge is 2.40. The molecule has 1 aromatic heterocycles. The Balaban J connectivity index is 1.93. The van der Waals surface area contributed by atoms with Crippen LogP contribution in [0.4, 0.5) is 0 Å². The molecule has 0 N–H and O–H groups in total. The van der Waals surface area contributed by atoms with Gasteiger partial charge in [0.2, 0.25) is 10.0 Å². The molecule has 1 aliphatic rings. The number of rotatable bonds is 2. The van der Waals surface area contributed by atoms with Crippen molar-refractivity contribution in [2.45, 2.75) is 44.3 Å². The van der Waals surface area contributed by atoms with Crippen LogP contribution in [0.2, 0.25) is 0 Å². The van der Waals surface area contributed by atoms with Gasteiger partial charge < -0.3 is 0 Å². The van der Waals surface area contributed by atoms with E-state index >= 15 is 0 Å². The van der Waals surface area contributed by atoms with E-state index in [0.29, 0.717) is 22.7 Å². The Morgan fingerprint density at radius 1 is 1.00 bits per heavy atom. The van der Waals surface area contributed by atoms with E-state index in [2.05, 4.69) is 10.3 Å². The number of benzene rings is 2. The van der Waals surface area contributed by atoms with E-state index in [1.54, 1.807) is 16.8 Å². The molecular formula is C20H22N4O2S. The van der Waals surface area contributed by atoms with Crippen LogP contribution in [0.25, 0.3) is 11.3 Å². The molecule has 27 heavy (non-hydrogen) atoms. The normalized spacial score (nSPS) is 16.4. The summed E-state index contributed by atoms with van der Waals surface area (Å²) in [7, 11) is -3.65. The summed E-state index contributed by atoms with van der Waals surface area (Å²) in [6.45, 7) is 6.42. The standard InChI is InChI=1S/C20H22N4O2S/c1-20(2,3)24-14-17-19(16-11-7-8-12-18(16)27(24,25)26)23(22-21-17)13-15-9-5-4-6-10-15/h4-12H,13-14H2,1-3H3. The van der Waals surface area contributed by atoms with Crippen LogP contribution in [0.15, 0.2) is 59.5 Å². The van der Waals surface area contributed by atoms with E-state index in [1.807, 2.05) is 63.2 Å². The zero-order valence-electron chi connectivity index (χ0n) is 15.6. The fourth-order valence-corrected chi connectivity index (χ4v) is 5.39. The molecular weight excluding hydrogens is 360 g/mol. The summed E-state index contributed by atoms with van der Waals surface area (Å²) in [6, 6.07) is 17.1. The van der Waals surface area contributed by atoms with Crippen molar-refractivity contribution in [3.8, 4) is 11.3 Å². The first-order valence-electron chi connectivity index (χ1n) is 8.87. The summed E-state index contributed by atoms with van der Waals surface area (Å²) in [5, 5.41) is 8.69. The van der Waals surface area contributed by atoms with Gasteiger partial charge in [-0.3, -0.25) is 0 Å². The predicted molar refractivity (Wildman–Crippen MR) is 103 cm³/mol. The van der Waals surface area contributed by atoms with Gasteiger partial charge >= 0.3 is 0 Å². The maximum Gasteiger partial charge on any atom is 0.244 e. The van der Waals surface area contributed by atoms with Crippen LogP contribution in [0.3, 0.4) is 0 Å². The third-order valence-corrected chi connectivity index (χ3v) is 6.90. The van der Waals surface area contributed by atoms with Crippen molar-refractivity contribution in [2.75, 3.05) is 0 Å². The van der Waals surface area contributed by atoms with Crippen molar-refractivity contribution in [1.82, 2.24) is 19.3 Å². The Labute approximate surface area is 159 Å². The number of sulfonamides is 1. The summed E-state index contributed by atoms with van der Waals surface area (Å²) >= 11 is 0. The Hall–Kier alpha value is -2.51. The zero-order valence-corrected chi connectivity index (χ0v) is 16.4. The van der Waals surface area contributed by atoms with Gasteiger partial charge in [0.25, 0.3) is 0 Å². The molecule has 140 valence electrons. The highest BCUT2D eigenvalue weighted by Crippen LogP contribution is 2.38. The van der Waals surface area contributed by atoms with Crippen LogP contribution in [0.1, 0.15) is 32.0 Å². The maximum absolute atomic E-state index is 13.4. The van der Waals surface area contributed by atoms with Crippen molar-refractivity contribution in [3.63, 3.8) is 0 Å². The van der Waals surface area contributed by atoms with Crippen molar-refractivity contribution >= 4 is 10.0 Å². The first-order valence-corrected chi connectivity index (χ1v) is 10.3. The van der Waals surface area contributed by atoms with Gasteiger partial charge in [0.15, 0.2) is 0 Å². The molecule has 2 heterocycles. The van der Waals surface area contributed by atoms with Crippen LogP contribution in [0, 0.1) is 0 Å². The summed E-state index contributed by atoms with van der Waals surface area (Å²) < 4.78 is 30.1. The van der Waals surface area contributed by atoms with E-state index in [9.17, 15) is 8.42 Å². The van der Waals surface area contributed by atoms with Crippen molar-refractivity contribution in [2.24, 2.45) is 0 Å². The molecule has 3 aromatic rings. The fourth-order valence-electron chi connectivity index (χ4n) is 3.44. The Kier molecular flexibility index (Phi) is 4.16. The highest BCUT2D eigenvalue weighted by atomic mass is 32.2. The Morgan fingerprint density at radius 3 is 2.37 bits per heavy atom. The lowest BCUT2D eigenvalue weighted by Gasteiger charge is -2.33. The van der Waals surface area contributed by atoms with Crippen molar-refractivity contribution in [1.29, 1.82) is 0 Å². The molecule has 0 radical (unpaired) electrons. The molecule has 6 nitrogen and oxygen atoms in total. The summed E-state index contributed by atoms with van der Waals surface area (Å²) in [5.74, 6) is 0. The van der Waals surface area contributed by atoms with Gasteiger partial charge in [0.05, 0.1) is 23.7 Å². The molecule has 0 saturated heterocycles. The van der Waals surface area contributed by atoms with Gasteiger partial charge in [-0.2, -0.15) is 4.31 Å². The Bertz CT molecular complexity index is 1080. The van der Waals surface area contributed by atoms with Gasteiger partial charge in [-0.1, -0.05) is 53.7 Å². The quantitative estimate of drug-likeness (QED) is 0.682. The van der Waals surface area contributed by atoms with Gasteiger partial charge in [-0.15, -0.1) is 5.10 Å². The third kappa shape index (κ3) is 3.07. The minimum atomic E-state index is -3.65. The number of aromatic nitrogens is 3. The minimum absolute atomic E-state index is 0.199. The van der Waals surface area contributed by atoms with E-state index < -0.39 is 15.6 Å². The predicted octanol–water partition coefficient (Wildman–Crippen LogP) is 3.30. The summed E-state index contributed by atoms with van der Waals surface area (Å²) in [6.07, 6.45) is 0. The number of hydrogen-bond donors (Lipinski definition) is 0. The van der Waals surface area contributed by atoms with Crippen LogP contribution in [-0.2, 0) is 23.1 Å². The molecule has 0 bridgehead atoms. The lowest BCUT2D eigenvalue weighted by molar-refractivity contribution is 0.241. The summed E-state index contributed by atoms with van der Waals surface area (Å²) in [4.78, 5) is 0.301. The lowest BCUT2D eigenvalue weighted by Crippen LogP contribution is -2.44. The summed E-state index contributed by atoms with van der Waals surface area (Å²) in [5.41, 5.74) is 2.61. The SMILES string of the molecule is CC(C)(C)N1Cc2nnn(Cc3ccccc3)c2-c2ccccc2S1(=O)=O. The molecule has 4 rings (SSSR count). The second-order valence-corrected chi connectivity index (χ2v) is 9.54. The van der Waals surface area contributed by atoms with Crippen LogP contribution >= 0.6 is 0 Å². The third-order valence-electron chi connectivity index (χ3n) is 4.73. The van der Waals surface area contributed by atoms with E-state index in [1.165, 1.54) is 4.31 Å². The lowest BCUT2D eigenvalue weighted by atomic mass is 10.1. The van der Waals surface area contributed by atoms with Gasteiger partial charge in [0.1, 0.15) is 5.69 Å². The number of fused-ring (bicyclic) bond motifs is 3. The van der Waals surface area contributed by atoms with E-state index in [-0.39, 0.29) is 6.54 Å². The topological polar surface area (TPSA) is 68.1 Å². The molecule has 0 unspecified atom stereocenters. The van der Waals surface area contributed by atoms with Crippen LogP contribution in [0.5, 0.6) is 0 Å². The second kappa shape index (κ2) is 6.28. The highest BCUT2D eigenvalue weighted by molar-refractivity contribution is 7.89. The minimum Gasteiger partial charge on any atom is -0.240 e. The first-order chi connectivity index (χ1) is 12.8. The van der Waals surface area contributed by atoms with Gasteiger partial charge in [0, 0.05) is 11.1 Å². The largest absolute Gasteiger partial charge is 0.244 e. The van der Waals surface area contributed by atoms with Crippen molar-refractivity contribution < 1.29 is 8.42 Å². The molecule has 0 spiro atoms. The monoisotopic (exact) mass is 382 g/mol. The Morgan fingerprint density at radius 2 is 1.67 bits per heavy atom. The molecule has 1 aliphatic heterocycles. The van der Waals surface area contributed by atoms with Crippen molar-refractivity contribution in [3.05, 3.63) is 65.9 Å². The molecule has 0 saturated carbocycles. The van der Waals surface area contributed by atoms with E-state index in [0.717, 1.165) is 11.3 Å². The van der Waals surface area contributed by atoms with Gasteiger partial charge in [-0.25, -0.2) is 13.1 Å². The zero-order chi connectivity index (χ0) is 19.2. The molecule has 2 aromatic carbocycles. The maximum atomic E-state index is 13.4. The average Bonchev–Trinajstić information content (AvgIpc) is 2.97.